The first-order valence-corrected chi connectivity index (χ1v) is 5.53. The maximum Gasteiger partial charge on any atom is 0.416 e. The van der Waals surface area contributed by atoms with Crippen molar-refractivity contribution in [3.05, 3.63) is 34.9 Å². The molecule has 0 saturated heterocycles. The third-order valence-corrected chi connectivity index (χ3v) is 2.25. The summed E-state index contributed by atoms with van der Waals surface area (Å²) < 4.78 is 75.3. The molecule has 0 saturated carbocycles. The van der Waals surface area contributed by atoms with Crippen LogP contribution in [-0.4, -0.2) is 12.5 Å². The normalized spacial score (nSPS) is 11.6. The standard InChI is InChI=1S/C13H9F6NO/c1-8(21)20-4-2-3-9-5-10(12(14,15)16)7-11(6-9)13(17,18)19/h5-7H,4H2,1H3,(H,20,21). The zero-order valence-electron chi connectivity index (χ0n) is 10.6. The Kier molecular flexibility index (Phi) is 4.88. The molecular formula is C13H9F6NO. The fourth-order valence-electron chi connectivity index (χ4n) is 1.34. The SMILES string of the molecule is CC(=O)NCC#Cc1cc(C(F)(F)F)cc(C(F)(F)F)c1. The van der Waals surface area contributed by atoms with E-state index in [1.165, 1.54) is 6.92 Å². The van der Waals surface area contributed by atoms with Crippen molar-refractivity contribution in [1.29, 1.82) is 0 Å². The number of halogens is 6. The van der Waals surface area contributed by atoms with Gasteiger partial charge < -0.3 is 5.32 Å². The average Bonchev–Trinajstić information content (AvgIpc) is 2.32. The number of hydrogen-bond acceptors (Lipinski definition) is 1. The molecule has 8 heteroatoms. The minimum Gasteiger partial charge on any atom is -0.345 e. The van der Waals surface area contributed by atoms with Gasteiger partial charge in [0.05, 0.1) is 17.7 Å². The van der Waals surface area contributed by atoms with Gasteiger partial charge in [0.2, 0.25) is 5.91 Å². The molecule has 1 rings (SSSR count). The second kappa shape index (κ2) is 6.08. The summed E-state index contributed by atoms with van der Waals surface area (Å²) in [5.41, 5.74) is -3.29. The molecule has 0 aliphatic rings. The largest absolute Gasteiger partial charge is 0.416 e. The van der Waals surface area contributed by atoms with Crippen LogP contribution in [0.4, 0.5) is 26.3 Å². The quantitative estimate of drug-likeness (QED) is 0.626. The van der Waals surface area contributed by atoms with Crippen LogP contribution in [0.1, 0.15) is 23.6 Å². The van der Waals surface area contributed by atoms with Crippen LogP contribution < -0.4 is 5.32 Å². The van der Waals surface area contributed by atoms with E-state index in [1.807, 2.05) is 0 Å². The third-order valence-electron chi connectivity index (χ3n) is 2.25. The van der Waals surface area contributed by atoms with Crippen LogP contribution in [0.2, 0.25) is 0 Å². The van der Waals surface area contributed by atoms with Gasteiger partial charge in [-0.25, -0.2) is 0 Å². The molecule has 1 amide bonds. The van der Waals surface area contributed by atoms with Gasteiger partial charge in [-0.05, 0) is 18.2 Å². The highest BCUT2D eigenvalue weighted by molar-refractivity contribution is 5.73. The zero-order valence-corrected chi connectivity index (χ0v) is 10.6. The van der Waals surface area contributed by atoms with Crippen molar-refractivity contribution in [1.82, 2.24) is 5.32 Å². The summed E-state index contributed by atoms with van der Waals surface area (Å²) in [6.07, 6.45) is -9.81. The average molecular weight is 309 g/mol. The molecule has 114 valence electrons. The topological polar surface area (TPSA) is 29.1 Å². The molecule has 0 atom stereocenters. The Morgan fingerprint density at radius 3 is 1.90 bits per heavy atom. The zero-order chi connectivity index (χ0) is 16.3. The van der Waals surface area contributed by atoms with Crippen molar-refractivity contribution >= 4 is 5.91 Å². The number of rotatable bonds is 1. The van der Waals surface area contributed by atoms with E-state index in [-0.39, 0.29) is 12.6 Å². The molecule has 0 heterocycles. The summed E-state index contributed by atoms with van der Waals surface area (Å²) in [5, 5.41) is 2.25. The lowest BCUT2D eigenvalue weighted by Gasteiger charge is -2.12. The van der Waals surface area contributed by atoms with E-state index in [0.29, 0.717) is 12.1 Å². The van der Waals surface area contributed by atoms with E-state index in [2.05, 4.69) is 17.2 Å². The molecule has 0 spiro atoms. The molecule has 0 aliphatic heterocycles. The molecule has 0 aliphatic carbocycles. The Labute approximate surface area is 116 Å². The third kappa shape index (κ3) is 5.38. The van der Waals surface area contributed by atoms with Gasteiger partial charge in [-0.3, -0.25) is 4.79 Å². The Hall–Kier alpha value is -2.17. The van der Waals surface area contributed by atoms with Gasteiger partial charge >= 0.3 is 12.4 Å². The minimum atomic E-state index is -4.91. The number of hydrogen-bond donors (Lipinski definition) is 1. The van der Waals surface area contributed by atoms with Crippen molar-refractivity contribution in [2.45, 2.75) is 19.3 Å². The Balaban J connectivity index is 3.17. The summed E-state index contributed by atoms with van der Waals surface area (Å²) in [6.45, 7) is 1.03. The molecule has 1 N–H and O–H groups in total. The molecule has 2 nitrogen and oxygen atoms in total. The van der Waals surface area contributed by atoms with Gasteiger partial charge in [-0.15, -0.1) is 0 Å². The highest BCUT2D eigenvalue weighted by Crippen LogP contribution is 2.36. The summed E-state index contributed by atoms with van der Waals surface area (Å²) in [6, 6.07) is 1.07. The Bertz CT molecular complexity index is 559. The molecule has 1 aromatic carbocycles. The van der Waals surface area contributed by atoms with E-state index < -0.39 is 35.0 Å². The van der Waals surface area contributed by atoms with E-state index >= 15 is 0 Å². The first-order chi connectivity index (χ1) is 9.50. The smallest absolute Gasteiger partial charge is 0.345 e. The van der Waals surface area contributed by atoms with Crippen molar-refractivity contribution in [2.24, 2.45) is 0 Å². The predicted octanol–water partition coefficient (Wildman–Crippen LogP) is 3.21. The number of benzene rings is 1. The molecule has 1 aromatic rings. The van der Waals surface area contributed by atoms with Gasteiger partial charge in [0.1, 0.15) is 0 Å². The second-order valence-electron chi connectivity index (χ2n) is 4.01. The lowest BCUT2D eigenvalue weighted by Crippen LogP contribution is -2.19. The van der Waals surface area contributed by atoms with E-state index in [1.54, 1.807) is 0 Å². The summed E-state index contributed by atoms with van der Waals surface area (Å²) in [5.74, 6) is 4.02. The van der Waals surface area contributed by atoms with Crippen LogP contribution in [-0.2, 0) is 17.1 Å². The van der Waals surface area contributed by atoms with Gasteiger partial charge in [-0.1, -0.05) is 11.8 Å². The highest BCUT2D eigenvalue weighted by Gasteiger charge is 2.36. The Morgan fingerprint density at radius 1 is 1.05 bits per heavy atom. The van der Waals surface area contributed by atoms with E-state index in [0.717, 1.165) is 0 Å². The molecule has 0 bridgehead atoms. The maximum atomic E-state index is 12.6. The van der Waals surface area contributed by atoms with Crippen LogP contribution in [0.25, 0.3) is 0 Å². The fraction of sp³-hybridized carbons (Fsp3) is 0.308. The van der Waals surface area contributed by atoms with Crippen molar-refractivity contribution in [3.63, 3.8) is 0 Å². The van der Waals surface area contributed by atoms with Gasteiger partial charge in [0, 0.05) is 12.5 Å². The highest BCUT2D eigenvalue weighted by atomic mass is 19.4. The number of nitrogens with one attached hydrogen (secondary N) is 1. The number of carbonyl (C=O) groups excluding carboxylic acids is 1. The second-order valence-corrected chi connectivity index (χ2v) is 4.01. The molecule has 0 radical (unpaired) electrons. The van der Waals surface area contributed by atoms with Crippen LogP contribution in [0.3, 0.4) is 0 Å². The number of amides is 1. The van der Waals surface area contributed by atoms with Gasteiger partial charge in [-0.2, -0.15) is 26.3 Å². The first kappa shape index (κ1) is 16.9. The van der Waals surface area contributed by atoms with Crippen molar-refractivity contribution < 1.29 is 31.1 Å². The first-order valence-electron chi connectivity index (χ1n) is 5.53. The lowest BCUT2D eigenvalue weighted by molar-refractivity contribution is -0.143. The van der Waals surface area contributed by atoms with Gasteiger partial charge in [0.25, 0.3) is 0 Å². The van der Waals surface area contributed by atoms with Crippen LogP contribution in [0.15, 0.2) is 18.2 Å². The predicted molar refractivity (Wildman–Crippen MR) is 62.0 cm³/mol. The number of carbonyl (C=O) groups is 1. The van der Waals surface area contributed by atoms with E-state index in [4.69, 9.17) is 0 Å². The minimum absolute atomic E-state index is 0.0268. The monoisotopic (exact) mass is 309 g/mol. The Morgan fingerprint density at radius 2 is 1.52 bits per heavy atom. The summed E-state index contributed by atoms with van der Waals surface area (Å²) in [4.78, 5) is 10.5. The maximum absolute atomic E-state index is 12.6. The van der Waals surface area contributed by atoms with Crippen LogP contribution in [0.5, 0.6) is 0 Å². The molecular weight excluding hydrogens is 300 g/mol. The molecule has 0 aromatic heterocycles. The molecule has 0 fully saturated rings. The molecule has 21 heavy (non-hydrogen) atoms. The summed E-state index contributed by atoms with van der Waals surface area (Å²) in [7, 11) is 0. The van der Waals surface area contributed by atoms with Crippen molar-refractivity contribution in [3.8, 4) is 11.8 Å². The van der Waals surface area contributed by atoms with Gasteiger partial charge in [0.15, 0.2) is 0 Å². The number of alkyl halides is 6. The van der Waals surface area contributed by atoms with Crippen molar-refractivity contribution in [2.75, 3.05) is 6.54 Å². The van der Waals surface area contributed by atoms with E-state index in [9.17, 15) is 31.1 Å². The van der Waals surface area contributed by atoms with Crippen LogP contribution in [0, 0.1) is 11.8 Å². The lowest BCUT2D eigenvalue weighted by atomic mass is 10.0. The summed E-state index contributed by atoms with van der Waals surface area (Å²) >= 11 is 0. The fourth-order valence-corrected chi connectivity index (χ4v) is 1.34. The molecule has 0 unspecified atom stereocenters. The van der Waals surface area contributed by atoms with Crippen LogP contribution >= 0.6 is 0 Å².